The number of hydrogen-bond acceptors (Lipinski definition) is 3. The molecule has 3 nitrogen and oxygen atoms in total. The van der Waals surface area contributed by atoms with Crippen molar-refractivity contribution in [1.29, 1.82) is 0 Å². The predicted molar refractivity (Wildman–Crippen MR) is 87.0 cm³/mol. The molecule has 0 radical (unpaired) electrons. The Morgan fingerprint density at radius 2 is 2.05 bits per heavy atom. The van der Waals surface area contributed by atoms with E-state index in [-0.39, 0.29) is 0 Å². The average molecular weight is 337 g/mol. The van der Waals surface area contributed by atoms with Crippen LogP contribution < -0.4 is 0 Å². The van der Waals surface area contributed by atoms with E-state index >= 15 is 0 Å². The molecule has 21 heavy (non-hydrogen) atoms. The number of rotatable bonds is 3. The molecule has 0 bridgehead atoms. The normalized spacial score (nSPS) is 10.8. The highest BCUT2D eigenvalue weighted by Crippen LogP contribution is 2.32. The van der Waals surface area contributed by atoms with Crippen molar-refractivity contribution in [1.82, 2.24) is 9.78 Å². The third-order valence-corrected chi connectivity index (χ3v) is 4.74. The number of thiophene rings is 1. The van der Waals surface area contributed by atoms with Gasteiger partial charge in [-0.25, -0.2) is 4.68 Å². The van der Waals surface area contributed by atoms with E-state index in [2.05, 4.69) is 5.10 Å². The fraction of sp³-hybridized carbons (Fsp3) is 0.0667. The van der Waals surface area contributed by atoms with Gasteiger partial charge in [0.25, 0.3) is 0 Å². The lowest BCUT2D eigenvalue weighted by molar-refractivity contribution is 0.112. The standard InChI is InChI=1S/C15H10Cl2N2OS/c1-9-2-3-11(6-12(9)16)19-7-10(8-20)15(18-19)13-4-5-14(17)21-13/h2-8H,1H3. The van der Waals surface area contributed by atoms with E-state index < -0.39 is 0 Å². The van der Waals surface area contributed by atoms with Crippen LogP contribution in [0.25, 0.3) is 16.3 Å². The largest absolute Gasteiger partial charge is 0.298 e. The van der Waals surface area contributed by atoms with Crippen LogP contribution in [-0.4, -0.2) is 16.1 Å². The van der Waals surface area contributed by atoms with Gasteiger partial charge in [-0.2, -0.15) is 5.10 Å². The maximum Gasteiger partial charge on any atom is 0.153 e. The Bertz CT molecular complexity index is 823. The number of hydrogen-bond donors (Lipinski definition) is 0. The van der Waals surface area contributed by atoms with Gasteiger partial charge in [0.2, 0.25) is 0 Å². The van der Waals surface area contributed by atoms with E-state index in [1.807, 2.05) is 31.2 Å². The molecular formula is C15H10Cl2N2OS. The Balaban J connectivity index is 2.10. The van der Waals surface area contributed by atoms with Crippen molar-refractivity contribution in [2.75, 3.05) is 0 Å². The van der Waals surface area contributed by atoms with Gasteiger partial charge >= 0.3 is 0 Å². The molecule has 0 unspecified atom stereocenters. The maximum absolute atomic E-state index is 11.3. The number of carbonyl (C=O) groups excluding carboxylic acids is 1. The number of aldehydes is 1. The van der Waals surface area contributed by atoms with Gasteiger partial charge < -0.3 is 0 Å². The van der Waals surface area contributed by atoms with Gasteiger partial charge in [0.15, 0.2) is 6.29 Å². The van der Waals surface area contributed by atoms with Crippen LogP contribution in [0.1, 0.15) is 15.9 Å². The average Bonchev–Trinajstić information content (AvgIpc) is 3.07. The van der Waals surface area contributed by atoms with Crippen molar-refractivity contribution in [3.05, 3.63) is 57.0 Å². The lowest BCUT2D eigenvalue weighted by Gasteiger charge is -2.03. The molecule has 3 aromatic rings. The molecule has 0 N–H and O–H groups in total. The van der Waals surface area contributed by atoms with Crippen LogP contribution in [0.5, 0.6) is 0 Å². The second-order valence-electron chi connectivity index (χ2n) is 4.53. The Morgan fingerprint density at radius 3 is 2.67 bits per heavy atom. The monoisotopic (exact) mass is 336 g/mol. The lowest BCUT2D eigenvalue weighted by atomic mass is 10.2. The highest BCUT2D eigenvalue weighted by Gasteiger charge is 2.14. The van der Waals surface area contributed by atoms with Crippen molar-refractivity contribution in [3.63, 3.8) is 0 Å². The molecule has 0 fully saturated rings. The van der Waals surface area contributed by atoms with Crippen LogP contribution in [0, 0.1) is 6.92 Å². The van der Waals surface area contributed by atoms with Crippen LogP contribution in [-0.2, 0) is 0 Å². The van der Waals surface area contributed by atoms with Gasteiger partial charge in [-0.3, -0.25) is 4.79 Å². The molecule has 0 saturated carbocycles. The van der Waals surface area contributed by atoms with Crippen LogP contribution >= 0.6 is 34.5 Å². The molecule has 0 saturated heterocycles. The van der Waals surface area contributed by atoms with Crippen molar-refractivity contribution >= 4 is 40.8 Å². The first-order chi connectivity index (χ1) is 10.1. The van der Waals surface area contributed by atoms with Gasteiger partial charge in [-0.05, 0) is 36.8 Å². The molecule has 0 atom stereocenters. The molecule has 3 rings (SSSR count). The van der Waals surface area contributed by atoms with Crippen molar-refractivity contribution < 1.29 is 4.79 Å². The van der Waals surface area contributed by atoms with Crippen LogP contribution in [0.2, 0.25) is 9.36 Å². The number of benzene rings is 1. The van der Waals surface area contributed by atoms with Crippen molar-refractivity contribution in [2.45, 2.75) is 6.92 Å². The van der Waals surface area contributed by atoms with Gasteiger partial charge in [0.05, 0.1) is 20.5 Å². The van der Waals surface area contributed by atoms with E-state index in [0.29, 0.717) is 20.6 Å². The highest BCUT2D eigenvalue weighted by molar-refractivity contribution is 7.19. The van der Waals surface area contributed by atoms with E-state index in [1.54, 1.807) is 16.9 Å². The number of aromatic nitrogens is 2. The molecule has 106 valence electrons. The summed E-state index contributed by atoms with van der Waals surface area (Å²) in [6.07, 6.45) is 2.49. The van der Waals surface area contributed by atoms with Gasteiger partial charge in [0.1, 0.15) is 5.69 Å². The molecule has 0 aliphatic carbocycles. The molecule has 0 aliphatic rings. The van der Waals surface area contributed by atoms with E-state index in [1.165, 1.54) is 11.3 Å². The number of carbonyl (C=O) groups is 1. The molecule has 0 aliphatic heterocycles. The van der Waals surface area contributed by atoms with Gasteiger partial charge in [-0.15, -0.1) is 11.3 Å². The third-order valence-electron chi connectivity index (χ3n) is 3.10. The summed E-state index contributed by atoms with van der Waals surface area (Å²) in [7, 11) is 0. The Morgan fingerprint density at radius 1 is 1.24 bits per heavy atom. The number of halogens is 2. The molecule has 2 heterocycles. The molecule has 0 spiro atoms. The molecular weight excluding hydrogens is 327 g/mol. The zero-order chi connectivity index (χ0) is 15.0. The first-order valence-corrected chi connectivity index (χ1v) is 7.73. The third kappa shape index (κ3) is 2.75. The second kappa shape index (κ2) is 5.64. The summed E-state index contributed by atoms with van der Waals surface area (Å²) in [6, 6.07) is 9.30. The molecule has 1 aromatic carbocycles. The highest BCUT2D eigenvalue weighted by atomic mass is 35.5. The van der Waals surface area contributed by atoms with Crippen molar-refractivity contribution in [2.24, 2.45) is 0 Å². The van der Waals surface area contributed by atoms with Gasteiger partial charge in [0, 0.05) is 11.2 Å². The first-order valence-electron chi connectivity index (χ1n) is 6.15. The topological polar surface area (TPSA) is 34.9 Å². The summed E-state index contributed by atoms with van der Waals surface area (Å²) >= 11 is 13.5. The second-order valence-corrected chi connectivity index (χ2v) is 6.65. The minimum atomic E-state index is 0.519. The maximum atomic E-state index is 11.3. The number of aryl methyl sites for hydroxylation is 1. The first kappa shape index (κ1) is 14.3. The minimum Gasteiger partial charge on any atom is -0.298 e. The Kier molecular flexibility index (Phi) is 3.85. The fourth-order valence-corrected chi connectivity index (χ4v) is 3.19. The zero-order valence-corrected chi connectivity index (χ0v) is 13.3. The summed E-state index contributed by atoms with van der Waals surface area (Å²) in [5, 5.41) is 5.15. The number of nitrogens with zero attached hydrogens (tertiary/aromatic N) is 2. The van der Waals surface area contributed by atoms with Gasteiger partial charge in [-0.1, -0.05) is 29.3 Å². The van der Waals surface area contributed by atoms with Crippen LogP contribution in [0.15, 0.2) is 36.5 Å². The summed E-state index contributed by atoms with van der Waals surface area (Å²) in [4.78, 5) is 12.1. The Hall–Kier alpha value is -1.62. The van der Waals surface area contributed by atoms with Crippen LogP contribution in [0.3, 0.4) is 0 Å². The summed E-state index contributed by atoms with van der Waals surface area (Å²) in [5.74, 6) is 0. The lowest BCUT2D eigenvalue weighted by Crippen LogP contribution is -1.95. The quantitative estimate of drug-likeness (QED) is 0.629. The molecule has 0 amide bonds. The molecule has 6 heteroatoms. The predicted octanol–water partition coefficient (Wildman–Crippen LogP) is 5.03. The molecule has 2 aromatic heterocycles. The summed E-state index contributed by atoms with van der Waals surface area (Å²) < 4.78 is 2.31. The smallest absolute Gasteiger partial charge is 0.153 e. The van der Waals surface area contributed by atoms with Crippen molar-refractivity contribution in [3.8, 4) is 16.3 Å². The van der Waals surface area contributed by atoms with E-state index in [4.69, 9.17) is 23.2 Å². The zero-order valence-electron chi connectivity index (χ0n) is 11.0. The SMILES string of the molecule is Cc1ccc(-n2cc(C=O)c(-c3ccc(Cl)s3)n2)cc1Cl. The van der Waals surface area contributed by atoms with Crippen LogP contribution in [0.4, 0.5) is 0 Å². The van der Waals surface area contributed by atoms with E-state index in [9.17, 15) is 4.79 Å². The Labute approximate surface area is 135 Å². The summed E-state index contributed by atoms with van der Waals surface area (Å²) in [5.41, 5.74) is 2.94. The minimum absolute atomic E-state index is 0.519. The summed E-state index contributed by atoms with van der Waals surface area (Å²) in [6.45, 7) is 1.94. The van der Waals surface area contributed by atoms with E-state index in [0.717, 1.165) is 22.4 Å². The fourth-order valence-electron chi connectivity index (χ4n) is 1.96.